The Balaban J connectivity index is 2.47. The van der Waals surface area contributed by atoms with E-state index < -0.39 is 74.3 Å². The number of nitrogens with zero attached hydrogens (tertiary/aromatic N) is 1. The van der Waals surface area contributed by atoms with E-state index in [1.165, 1.54) is 27.7 Å². The van der Waals surface area contributed by atoms with Gasteiger partial charge in [-0.25, -0.2) is 29.1 Å². The second kappa shape index (κ2) is 17.0. The molecule has 0 aliphatic carbocycles. The molecule has 4 N–H and O–H groups in total. The number of primary amides is 1. The van der Waals surface area contributed by atoms with Crippen molar-refractivity contribution in [3.8, 4) is 0 Å². The van der Waals surface area contributed by atoms with Crippen LogP contribution < -0.4 is 11.1 Å². The van der Waals surface area contributed by atoms with Crippen molar-refractivity contribution in [3.05, 3.63) is 11.3 Å². The van der Waals surface area contributed by atoms with Crippen molar-refractivity contribution in [2.75, 3.05) is 45.9 Å². The van der Waals surface area contributed by atoms with Gasteiger partial charge < -0.3 is 25.6 Å². The largest absolute Gasteiger partial charge is 0.477 e. The second-order valence-corrected chi connectivity index (χ2v) is 13.9. The lowest BCUT2D eigenvalue weighted by molar-refractivity contribution is -0.272. The highest BCUT2D eigenvalue weighted by atomic mass is 32.2. The van der Waals surface area contributed by atoms with Crippen LogP contribution in [0, 0.1) is 0 Å². The molecule has 1 unspecified atom stereocenters. The highest BCUT2D eigenvalue weighted by Gasteiger charge is 2.67. The van der Waals surface area contributed by atoms with Gasteiger partial charge in [0.2, 0.25) is 5.91 Å². The molecule has 0 spiro atoms. The number of aliphatic carboxylic acids is 1. The highest BCUT2D eigenvalue weighted by molar-refractivity contribution is 8.00. The number of fused-ring (bicyclic) bond motifs is 1. The number of methoxy groups -OCH3 is 1. The smallest absolute Gasteiger partial charge is 0.404 e. The number of hydrogen-bond donors (Lipinski definition) is 3. The summed E-state index contributed by atoms with van der Waals surface area (Å²) < 4.78 is 57.4. The number of β-lactam (4-membered cyclic amide) rings is 1. The van der Waals surface area contributed by atoms with Crippen LogP contribution in [-0.2, 0) is 71.2 Å². The van der Waals surface area contributed by atoms with Crippen molar-refractivity contribution in [2.45, 2.75) is 50.6 Å². The van der Waals surface area contributed by atoms with Crippen LogP contribution >= 0.6 is 27.0 Å². The van der Waals surface area contributed by atoms with E-state index in [-0.39, 0.29) is 37.8 Å². The normalized spacial score (nSPS) is 20.4. The van der Waals surface area contributed by atoms with E-state index in [1.807, 2.05) is 0 Å². The van der Waals surface area contributed by atoms with Gasteiger partial charge in [-0.2, -0.15) is 0 Å². The predicted molar refractivity (Wildman–Crippen MR) is 146 cm³/mol. The molecule has 23 heteroatoms. The fourth-order valence-electron chi connectivity index (χ4n) is 3.76. The van der Waals surface area contributed by atoms with Crippen LogP contribution in [0.4, 0.5) is 4.79 Å². The highest BCUT2D eigenvalue weighted by Crippen LogP contribution is 2.72. The Morgan fingerprint density at radius 1 is 1.00 bits per heavy atom. The fourth-order valence-corrected chi connectivity index (χ4v) is 9.26. The molecule has 2 heterocycles. The molecule has 0 aromatic rings. The van der Waals surface area contributed by atoms with Crippen LogP contribution in [-0.4, -0.2) is 96.3 Å². The quantitative estimate of drug-likeness (QED) is 0.0508. The molecule has 2 aliphatic rings. The fraction of sp³-hybridized carbons (Fsp3) is 0.714. The number of carbonyl (C=O) groups excluding carboxylic acids is 3. The van der Waals surface area contributed by atoms with Gasteiger partial charge in [0.1, 0.15) is 17.7 Å². The van der Waals surface area contributed by atoms with Gasteiger partial charge in [0.05, 0.1) is 32.8 Å². The maximum atomic E-state index is 13.9. The summed E-state index contributed by atoms with van der Waals surface area (Å²) >= 11 is 0.969. The summed E-state index contributed by atoms with van der Waals surface area (Å²) in [5.41, 5.74) is 2.38. The Kier molecular flexibility index (Phi) is 14.7. The molecule has 0 radical (unpaired) electrons. The number of thioether (sulfide) groups is 1. The molecule has 0 aromatic heterocycles. The molecular weight excluding hydrogens is 660 g/mol. The minimum atomic E-state index is -4.93. The summed E-state index contributed by atoms with van der Waals surface area (Å²) in [6.07, 6.45) is -2.24. The molecule has 44 heavy (non-hydrogen) atoms. The number of carbonyl (C=O) groups is 4. The number of ether oxygens (including phenoxy) is 2. The molecule has 20 nitrogen and oxygen atoms in total. The van der Waals surface area contributed by atoms with Gasteiger partial charge in [-0.3, -0.25) is 23.6 Å². The molecule has 0 aromatic carbocycles. The molecule has 1 fully saturated rings. The van der Waals surface area contributed by atoms with E-state index in [1.54, 1.807) is 0 Å². The van der Waals surface area contributed by atoms with Crippen molar-refractivity contribution < 1.29 is 81.1 Å². The van der Waals surface area contributed by atoms with Crippen LogP contribution in [0.5, 0.6) is 0 Å². The average Bonchev–Trinajstić information content (AvgIpc) is 3.00. The van der Waals surface area contributed by atoms with Crippen molar-refractivity contribution in [1.82, 2.24) is 10.2 Å². The molecule has 0 bridgehead atoms. The van der Waals surface area contributed by atoms with Crippen LogP contribution in [0.1, 0.15) is 34.1 Å². The Bertz CT molecular complexity index is 1130. The van der Waals surface area contributed by atoms with E-state index in [4.69, 9.17) is 53.5 Å². The third kappa shape index (κ3) is 8.56. The SMILES string of the molecule is CCOOP(=O)(OOCC)C(CC(=O)NC1(OC)C(=O)N2C(C(=O)O)=C(COC(N)=O)CS[C@H]21)P(=O)(OOCC)OOCC. The lowest BCUT2D eigenvalue weighted by Crippen LogP contribution is -2.80. The summed E-state index contributed by atoms with van der Waals surface area (Å²) in [6, 6.07) is 0. The zero-order valence-electron chi connectivity index (χ0n) is 24.4. The van der Waals surface area contributed by atoms with E-state index in [0.29, 0.717) is 0 Å². The molecule has 2 aliphatic heterocycles. The maximum absolute atomic E-state index is 13.9. The van der Waals surface area contributed by atoms with Gasteiger partial charge >= 0.3 is 27.3 Å². The first-order valence-electron chi connectivity index (χ1n) is 12.9. The molecular formula is C21H35N3O17P2S. The number of hydrogen-bond acceptors (Lipinski definition) is 17. The Morgan fingerprint density at radius 2 is 1.48 bits per heavy atom. The Labute approximate surface area is 255 Å². The van der Waals surface area contributed by atoms with Gasteiger partial charge in [0.15, 0.2) is 5.40 Å². The zero-order chi connectivity index (χ0) is 33.1. The standard InChI is InChI=1S/C21H35N3O17P2S/c1-6-34-38-42(30,39-35-7-2)15(43(31,40-36-8-3)41-37-9-4)10-14(25)23-21(32-5)18(28)24-16(17(26)27)13(11-33-20(22)29)12-44-19(21)24/h15,19H,6-12H2,1-5H3,(H2,22,29)(H,23,25)(H,26,27)/t19-,21?/m0/s1. The third-order valence-corrected chi connectivity index (χ3v) is 11.7. The van der Waals surface area contributed by atoms with Crippen LogP contribution in [0.25, 0.3) is 0 Å². The van der Waals surface area contributed by atoms with E-state index in [2.05, 4.69) is 5.32 Å². The molecule has 3 amide bonds. The average molecular weight is 696 g/mol. The zero-order valence-corrected chi connectivity index (χ0v) is 27.0. The summed E-state index contributed by atoms with van der Waals surface area (Å²) in [7, 11) is -8.79. The van der Waals surface area contributed by atoms with E-state index in [9.17, 15) is 33.4 Å². The molecule has 2 rings (SSSR count). The number of nitrogens with two attached hydrogens (primary N) is 1. The minimum Gasteiger partial charge on any atom is -0.477 e. The summed E-state index contributed by atoms with van der Waals surface area (Å²) in [5, 5.41) is 8.81. The maximum Gasteiger partial charge on any atom is 0.404 e. The number of nitrogens with one attached hydrogen (secondary N) is 1. The second-order valence-electron chi connectivity index (χ2n) is 8.38. The van der Waals surface area contributed by atoms with Gasteiger partial charge in [-0.05, 0) is 27.7 Å². The van der Waals surface area contributed by atoms with Crippen molar-refractivity contribution >= 4 is 50.8 Å². The predicted octanol–water partition coefficient (Wildman–Crippen LogP) is 1.77. The van der Waals surface area contributed by atoms with Gasteiger partial charge in [0.25, 0.3) is 11.6 Å². The Hall–Kier alpha value is -2.13. The lowest BCUT2D eigenvalue weighted by atomic mass is 9.98. The van der Waals surface area contributed by atoms with Crippen LogP contribution in [0.15, 0.2) is 11.3 Å². The number of amides is 3. The van der Waals surface area contributed by atoms with E-state index >= 15 is 0 Å². The first kappa shape index (κ1) is 38.1. The first-order valence-corrected chi connectivity index (χ1v) is 17.2. The lowest BCUT2D eigenvalue weighted by Gasteiger charge is -2.55. The third-order valence-electron chi connectivity index (χ3n) is 5.54. The first-order chi connectivity index (χ1) is 20.8. The minimum absolute atomic E-state index is 0.0613. The monoisotopic (exact) mass is 695 g/mol. The molecule has 252 valence electrons. The number of carboxylic acid groups (broad SMARTS) is 1. The van der Waals surface area contributed by atoms with Crippen molar-refractivity contribution in [2.24, 2.45) is 5.73 Å². The summed E-state index contributed by atoms with van der Waals surface area (Å²) in [5.74, 6) is -3.75. The van der Waals surface area contributed by atoms with Crippen LogP contribution in [0.2, 0.25) is 0 Å². The van der Waals surface area contributed by atoms with E-state index in [0.717, 1.165) is 23.8 Å². The molecule has 1 saturated heterocycles. The summed E-state index contributed by atoms with van der Waals surface area (Å²) in [4.78, 5) is 69.9. The van der Waals surface area contributed by atoms with Crippen molar-refractivity contribution in [1.29, 1.82) is 0 Å². The van der Waals surface area contributed by atoms with Gasteiger partial charge in [-0.15, -0.1) is 30.5 Å². The molecule has 0 saturated carbocycles. The molecule has 2 atom stereocenters. The van der Waals surface area contributed by atoms with Gasteiger partial charge in [0, 0.05) is 18.4 Å². The number of carboxylic acids is 1. The number of rotatable bonds is 21. The van der Waals surface area contributed by atoms with Crippen molar-refractivity contribution in [3.63, 3.8) is 0 Å². The van der Waals surface area contributed by atoms with Crippen LogP contribution in [0.3, 0.4) is 0 Å². The topological polar surface area (TPSA) is 256 Å². The summed E-state index contributed by atoms with van der Waals surface area (Å²) in [6.45, 7) is 4.63. The van der Waals surface area contributed by atoms with Gasteiger partial charge in [-0.1, -0.05) is 0 Å². The Morgan fingerprint density at radius 3 is 1.86 bits per heavy atom.